The highest BCUT2D eigenvalue weighted by atomic mass is 32.2. The van der Waals surface area contributed by atoms with Crippen LogP contribution in [0.25, 0.3) is 0 Å². The lowest BCUT2D eigenvalue weighted by Gasteiger charge is -2.19. The third kappa shape index (κ3) is 5.27. The largest absolute Gasteiger partial charge is 0.385 e. The number of rotatable bonds is 8. The van der Waals surface area contributed by atoms with Gasteiger partial charge in [0, 0.05) is 32.6 Å². The normalized spacial score (nSPS) is 20.7. The minimum absolute atomic E-state index is 0.0227. The van der Waals surface area contributed by atoms with Gasteiger partial charge < -0.3 is 10.1 Å². The molecule has 4 nitrogen and oxygen atoms in total. The maximum absolute atomic E-state index is 11.3. The van der Waals surface area contributed by atoms with Gasteiger partial charge in [0.05, 0.1) is 5.75 Å². The van der Waals surface area contributed by atoms with Gasteiger partial charge >= 0.3 is 0 Å². The second-order valence-electron chi connectivity index (χ2n) is 5.13. The minimum atomic E-state index is -2.85. The molecule has 1 aliphatic carbocycles. The van der Waals surface area contributed by atoms with E-state index in [1.54, 1.807) is 7.11 Å². The number of methoxy groups -OCH3 is 1. The van der Waals surface area contributed by atoms with E-state index in [0.717, 1.165) is 32.4 Å². The van der Waals surface area contributed by atoms with Gasteiger partial charge in [0.15, 0.2) is 0 Å². The predicted octanol–water partition coefficient (Wildman–Crippen LogP) is 0.826. The fourth-order valence-corrected chi connectivity index (χ4v) is 3.40. The summed E-state index contributed by atoms with van der Waals surface area (Å²) in [6.45, 7) is 3.66. The summed E-state index contributed by atoms with van der Waals surface area (Å²) < 4.78 is 27.5. The summed E-state index contributed by atoms with van der Waals surface area (Å²) in [6, 6.07) is 0.386. The van der Waals surface area contributed by atoms with Crippen LogP contribution in [0.5, 0.6) is 0 Å². The first-order chi connectivity index (χ1) is 7.37. The van der Waals surface area contributed by atoms with Crippen molar-refractivity contribution in [2.75, 3.05) is 32.3 Å². The number of hydrogen-bond acceptors (Lipinski definition) is 4. The van der Waals surface area contributed by atoms with Crippen molar-refractivity contribution in [2.45, 2.75) is 32.2 Å². The topological polar surface area (TPSA) is 55.4 Å². The fraction of sp³-hybridized carbons (Fsp3) is 1.00. The molecule has 0 heterocycles. The first kappa shape index (κ1) is 13.9. The second-order valence-corrected chi connectivity index (χ2v) is 7.27. The van der Waals surface area contributed by atoms with Crippen LogP contribution in [-0.4, -0.2) is 46.7 Å². The van der Waals surface area contributed by atoms with E-state index < -0.39 is 9.84 Å². The summed E-state index contributed by atoms with van der Waals surface area (Å²) in [5.41, 5.74) is 0.0227. The van der Waals surface area contributed by atoms with Gasteiger partial charge in [-0.2, -0.15) is 0 Å². The Hall–Kier alpha value is -0.130. The molecule has 1 saturated carbocycles. The van der Waals surface area contributed by atoms with Gasteiger partial charge in [-0.25, -0.2) is 8.42 Å². The zero-order chi connectivity index (χ0) is 12.2. The van der Waals surface area contributed by atoms with E-state index in [4.69, 9.17) is 4.74 Å². The molecule has 1 N–H and O–H groups in total. The van der Waals surface area contributed by atoms with Crippen LogP contribution in [0.4, 0.5) is 0 Å². The minimum Gasteiger partial charge on any atom is -0.385 e. The molecule has 1 fully saturated rings. The van der Waals surface area contributed by atoms with E-state index in [-0.39, 0.29) is 5.41 Å². The highest BCUT2D eigenvalue weighted by Gasteiger charge is 2.44. The third-order valence-electron chi connectivity index (χ3n) is 3.11. The zero-order valence-corrected chi connectivity index (χ0v) is 11.3. The number of nitrogens with one attached hydrogen (secondary N) is 1. The Morgan fingerprint density at radius 3 is 2.50 bits per heavy atom. The molecular weight excluding hydrogens is 226 g/mol. The molecule has 0 aromatic carbocycles. The maximum Gasteiger partial charge on any atom is 0.148 e. The van der Waals surface area contributed by atoms with E-state index in [0.29, 0.717) is 11.8 Å². The van der Waals surface area contributed by atoms with E-state index >= 15 is 0 Å². The first-order valence-corrected chi connectivity index (χ1v) is 7.83. The highest BCUT2D eigenvalue weighted by Crippen LogP contribution is 2.46. The quantitative estimate of drug-likeness (QED) is 0.692. The molecule has 0 aromatic heterocycles. The van der Waals surface area contributed by atoms with Crippen molar-refractivity contribution >= 4 is 9.84 Å². The summed E-state index contributed by atoms with van der Waals surface area (Å²) in [5.74, 6) is 0.323. The van der Waals surface area contributed by atoms with Crippen molar-refractivity contribution in [3.8, 4) is 0 Å². The van der Waals surface area contributed by atoms with Crippen LogP contribution in [0, 0.1) is 5.41 Å². The molecule has 1 unspecified atom stereocenters. The van der Waals surface area contributed by atoms with Gasteiger partial charge in [-0.3, -0.25) is 0 Å². The Balaban J connectivity index is 2.27. The summed E-state index contributed by atoms with van der Waals surface area (Å²) >= 11 is 0. The highest BCUT2D eigenvalue weighted by molar-refractivity contribution is 7.90. The average Bonchev–Trinajstić information content (AvgIpc) is 2.89. The molecule has 0 aromatic rings. The molecule has 0 saturated heterocycles. The van der Waals surface area contributed by atoms with Crippen LogP contribution >= 0.6 is 0 Å². The first-order valence-electron chi connectivity index (χ1n) is 5.77. The Bertz CT molecular complexity index is 309. The van der Waals surface area contributed by atoms with E-state index in [2.05, 4.69) is 12.2 Å². The monoisotopic (exact) mass is 249 g/mol. The van der Waals surface area contributed by atoms with Gasteiger partial charge in [-0.1, -0.05) is 0 Å². The van der Waals surface area contributed by atoms with Gasteiger partial charge in [0.25, 0.3) is 0 Å². The Labute approximate surface area is 98.7 Å². The van der Waals surface area contributed by atoms with Crippen LogP contribution in [0.3, 0.4) is 0 Å². The van der Waals surface area contributed by atoms with Crippen LogP contribution in [0.15, 0.2) is 0 Å². The lowest BCUT2D eigenvalue weighted by Crippen LogP contribution is -2.35. The molecule has 5 heteroatoms. The molecule has 0 radical (unpaired) electrons. The summed E-state index contributed by atoms with van der Waals surface area (Å²) in [7, 11) is -1.16. The number of hydrogen-bond donors (Lipinski definition) is 1. The SMILES string of the molecule is COCCC(C)NCC1(CS(C)(=O)=O)CC1. The second kappa shape index (κ2) is 5.47. The Morgan fingerprint density at radius 2 is 2.06 bits per heavy atom. The van der Waals surface area contributed by atoms with Gasteiger partial charge in [-0.15, -0.1) is 0 Å². The molecule has 0 spiro atoms. The van der Waals surface area contributed by atoms with Crippen molar-refractivity contribution in [3.05, 3.63) is 0 Å². The standard InChI is InChI=1S/C11H23NO3S/c1-10(4-7-15-2)12-8-11(5-6-11)9-16(3,13)14/h10,12H,4-9H2,1-3H3. The van der Waals surface area contributed by atoms with Gasteiger partial charge in [-0.05, 0) is 31.6 Å². The van der Waals surface area contributed by atoms with Crippen molar-refractivity contribution in [2.24, 2.45) is 5.41 Å². The molecule has 0 bridgehead atoms. The Kier molecular flexibility index (Phi) is 4.76. The summed E-state index contributed by atoms with van der Waals surface area (Å²) in [5, 5.41) is 3.40. The van der Waals surface area contributed by atoms with Crippen molar-refractivity contribution in [1.82, 2.24) is 5.32 Å². The average molecular weight is 249 g/mol. The van der Waals surface area contributed by atoms with Crippen LogP contribution in [0.1, 0.15) is 26.2 Å². The summed E-state index contributed by atoms with van der Waals surface area (Å²) in [4.78, 5) is 0. The zero-order valence-electron chi connectivity index (χ0n) is 10.5. The van der Waals surface area contributed by atoms with Gasteiger partial charge in [0.2, 0.25) is 0 Å². The van der Waals surface area contributed by atoms with Crippen LogP contribution in [-0.2, 0) is 14.6 Å². The summed E-state index contributed by atoms with van der Waals surface area (Å²) in [6.07, 6.45) is 4.35. The van der Waals surface area contributed by atoms with E-state index in [1.807, 2.05) is 0 Å². The molecule has 0 amide bonds. The van der Waals surface area contributed by atoms with E-state index in [1.165, 1.54) is 6.26 Å². The molecule has 0 aliphatic heterocycles. The molecule has 96 valence electrons. The van der Waals surface area contributed by atoms with Gasteiger partial charge in [0.1, 0.15) is 9.84 Å². The lowest BCUT2D eigenvalue weighted by atomic mass is 10.1. The molecule has 1 aliphatic rings. The van der Waals surface area contributed by atoms with E-state index in [9.17, 15) is 8.42 Å². The van der Waals surface area contributed by atoms with Crippen molar-refractivity contribution < 1.29 is 13.2 Å². The predicted molar refractivity (Wildman–Crippen MR) is 65.3 cm³/mol. The van der Waals surface area contributed by atoms with Crippen molar-refractivity contribution in [3.63, 3.8) is 0 Å². The van der Waals surface area contributed by atoms with Crippen LogP contribution in [0.2, 0.25) is 0 Å². The molecule has 1 atom stereocenters. The van der Waals surface area contributed by atoms with Crippen molar-refractivity contribution in [1.29, 1.82) is 0 Å². The number of sulfone groups is 1. The fourth-order valence-electron chi connectivity index (χ4n) is 1.89. The molecular formula is C11H23NO3S. The smallest absolute Gasteiger partial charge is 0.148 e. The Morgan fingerprint density at radius 1 is 1.44 bits per heavy atom. The maximum atomic E-state index is 11.3. The van der Waals surface area contributed by atoms with Crippen LogP contribution < -0.4 is 5.32 Å². The number of ether oxygens (including phenoxy) is 1. The molecule has 1 rings (SSSR count). The lowest BCUT2D eigenvalue weighted by molar-refractivity contribution is 0.184. The molecule has 16 heavy (non-hydrogen) atoms. The third-order valence-corrected chi connectivity index (χ3v) is 4.24.